The molecule has 0 radical (unpaired) electrons. The fraction of sp³-hybridized carbons (Fsp3) is 0.250. The van der Waals surface area contributed by atoms with Gasteiger partial charge in [0.15, 0.2) is 0 Å². The van der Waals surface area contributed by atoms with E-state index in [1.54, 1.807) is 48.5 Å². The number of rotatable bonds is 9. The molecule has 1 aliphatic heterocycles. The van der Waals surface area contributed by atoms with Gasteiger partial charge in [0, 0.05) is 6.54 Å². The number of carbonyl (C=O) groups is 3. The number of imide groups is 1. The van der Waals surface area contributed by atoms with E-state index in [0.29, 0.717) is 12.0 Å². The van der Waals surface area contributed by atoms with E-state index in [0.717, 1.165) is 28.2 Å². The van der Waals surface area contributed by atoms with Crippen LogP contribution in [0.1, 0.15) is 44.7 Å². The van der Waals surface area contributed by atoms with Gasteiger partial charge in [0.25, 0.3) is 11.8 Å². The number of carboxylic acid groups (broad SMARTS) is 1. The highest BCUT2D eigenvalue weighted by atomic mass is 19.4. The van der Waals surface area contributed by atoms with Crippen molar-refractivity contribution in [3.63, 3.8) is 0 Å². The summed E-state index contributed by atoms with van der Waals surface area (Å²) in [6, 6.07) is 18.3. The number of aryl methyl sites for hydroxylation is 1. The van der Waals surface area contributed by atoms with Crippen molar-refractivity contribution in [1.29, 1.82) is 0 Å². The average molecular weight is 511 g/mol. The van der Waals surface area contributed by atoms with Crippen LogP contribution in [0.15, 0.2) is 72.8 Å². The first-order valence-corrected chi connectivity index (χ1v) is 11.7. The van der Waals surface area contributed by atoms with E-state index in [4.69, 9.17) is 0 Å². The maximum atomic E-state index is 12.8. The summed E-state index contributed by atoms with van der Waals surface area (Å²) < 4.78 is 38.3. The molecule has 0 fully saturated rings. The van der Waals surface area contributed by atoms with Crippen LogP contribution in [0.3, 0.4) is 0 Å². The Bertz CT molecular complexity index is 1270. The number of amides is 2. The van der Waals surface area contributed by atoms with E-state index >= 15 is 0 Å². The molecule has 0 saturated carbocycles. The van der Waals surface area contributed by atoms with E-state index < -0.39 is 41.5 Å². The van der Waals surface area contributed by atoms with Crippen molar-refractivity contribution in [3.8, 4) is 11.1 Å². The highest BCUT2D eigenvalue weighted by Crippen LogP contribution is 2.31. The Morgan fingerprint density at radius 1 is 0.811 bits per heavy atom. The van der Waals surface area contributed by atoms with Crippen molar-refractivity contribution in [2.24, 2.45) is 5.92 Å². The normalized spacial score (nSPS) is 15.0. The molecule has 2 atom stereocenters. The van der Waals surface area contributed by atoms with Gasteiger partial charge in [0.05, 0.1) is 28.7 Å². The highest BCUT2D eigenvalue weighted by molar-refractivity contribution is 6.21. The van der Waals surface area contributed by atoms with Crippen molar-refractivity contribution in [1.82, 2.24) is 4.90 Å². The summed E-state index contributed by atoms with van der Waals surface area (Å²) in [5.41, 5.74) is 2.00. The summed E-state index contributed by atoms with van der Waals surface area (Å²) >= 11 is 0. The summed E-state index contributed by atoms with van der Waals surface area (Å²) in [6.45, 7) is -0.123. The SMILES string of the molecule is O=C(O)[C@@H](CCN1C(=O)c2ccccc2C1=O)[C@H](O)CCc1ccc(-c2ccc(C(F)(F)F)cc2)cc1. The third-order valence-electron chi connectivity index (χ3n) is 6.55. The fourth-order valence-electron chi connectivity index (χ4n) is 4.42. The van der Waals surface area contributed by atoms with Gasteiger partial charge in [0.1, 0.15) is 0 Å². The third-order valence-corrected chi connectivity index (χ3v) is 6.55. The van der Waals surface area contributed by atoms with Gasteiger partial charge >= 0.3 is 12.1 Å². The highest BCUT2D eigenvalue weighted by Gasteiger charge is 2.36. The molecule has 0 spiro atoms. The van der Waals surface area contributed by atoms with Gasteiger partial charge in [-0.15, -0.1) is 0 Å². The minimum Gasteiger partial charge on any atom is -0.481 e. The lowest BCUT2D eigenvalue weighted by Gasteiger charge is -2.22. The molecule has 1 aliphatic rings. The molecule has 0 unspecified atom stereocenters. The first-order valence-electron chi connectivity index (χ1n) is 11.7. The molecule has 192 valence electrons. The van der Waals surface area contributed by atoms with Crippen molar-refractivity contribution in [3.05, 3.63) is 95.1 Å². The third kappa shape index (κ3) is 5.72. The molecule has 4 rings (SSSR count). The molecular weight excluding hydrogens is 487 g/mol. The van der Waals surface area contributed by atoms with Gasteiger partial charge in [-0.1, -0.05) is 48.5 Å². The molecular formula is C28H24F3NO5. The van der Waals surface area contributed by atoms with Crippen LogP contribution in [-0.4, -0.2) is 45.5 Å². The zero-order chi connectivity index (χ0) is 26.7. The predicted octanol–water partition coefficient (Wildman–Crippen LogP) is 5.05. The number of hydrogen-bond donors (Lipinski definition) is 2. The average Bonchev–Trinajstić information content (AvgIpc) is 3.12. The monoisotopic (exact) mass is 511 g/mol. The first kappa shape index (κ1) is 26.1. The lowest BCUT2D eigenvalue weighted by atomic mass is 9.93. The maximum Gasteiger partial charge on any atom is 0.416 e. The number of fused-ring (bicyclic) bond motifs is 1. The van der Waals surface area contributed by atoms with Crippen LogP contribution in [0.4, 0.5) is 13.2 Å². The molecule has 0 aromatic heterocycles. The second-order valence-electron chi connectivity index (χ2n) is 8.92. The number of aliphatic hydroxyl groups is 1. The molecule has 37 heavy (non-hydrogen) atoms. The van der Waals surface area contributed by atoms with Crippen LogP contribution in [-0.2, 0) is 17.4 Å². The number of benzene rings is 3. The summed E-state index contributed by atoms with van der Waals surface area (Å²) in [5.74, 6) is -3.35. The van der Waals surface area contributed by atoms with Crippen LogP contribution in [0.5, 0.6) is 0 Å². The standard InChI is InChI=1S/C28H24F3NO5/c29-28(30,31)20-12-10-19(11-13-20)18-8-5-17(6-9-18)7-14-24(33)23(27(36)37)15-16-32-25(34)21-3-1-2-4-22(21)26(32)35/h1-6,8-13,23-24,33H,7,14-16H2,(H,36,37)/t23-,24+/m0/s1. The molecule has 3 aromatic rings. The van der Waals surface area contributed by atoms with E-state index in [2.05, 4.69) is 0 Å². The van der Waals surface area contributed by atoms with Gasteiger partial charge < -0.3 is 10.2 Å². The summed E-state index contributed by atoms with van der Waals surface area (Å²) in [4.78, 5) is 37.8. The Morgan fingerprint density at radius 3 is 1.81 bits per heavy atom. The molecule has 2 amide bonds. The largest absolute Gasteiger partial charge is 0.481 e. The second kappa shape index (κ2) is 10.6. The van der Waals surface area contributed by atoms with Gasteiger partial charge in [-0.05, 0) is 60.2 Å². The van der Waals surface area contributed by atoms with Crippen molar-refractivity contribution >= 4 is 17.8 Å². The second-order valence-corrected chi connectivity index (χ2v) is 8.92. The van der Waals surface area contributed by atoms with Gasteiger partial charge in [-0.3, -0.25) is 19.3 Å². The van der Waals surface area contributed by atoms with Gasteiger partial charge in [-0.2, -0.15) is 13.2 Å². The number of aliphatic carboxylic acids is 1. The van der Waals surface area contributed by atoms with E-state index in [1.807, 2.05) is 0 Å². The van der Waals surface area contributed by atoms with Crippen LogP contribution in [0, 0.1) is 5.92 Å². The van der Waals surface area contributed by atoms with E-state index in [-0.39, 0.29) is 30.5 Å². The number of nitrogens with zero attached hydrogens (tertiary/aromatic N) is 1. The summed E-state index contributed by atoms with van der Waals surface area (Å²) in [6.07, 6.45) is -5.19. The molecule has 0 saturated heterocycles. The molecule has 6 nitrogen and oxygen atoms in total. The lowest BCUT2D eigenvalue weighted by Crippen LogP contribution is -2.36. The van der Waals surface area contributed by atoms with Crippen LogP contribution >= 0.6 is 0 Å². The quantitative estimate of drug-likeness (QED) is 0.392. The molecule has 0 bridgehead atoms. The zero-order valence-corrected chi connectivity index (χ0v) is 19.6. The Morgan fingerprint density at radius 2 is 1.32 bits per heavy atom. The molecule has 1 heterocycles. The van der Waals surface area contributed by atoms with Crippen LogP contribution < -0.4 is 0 Å². The Kier molecular flexibility index (Phi) is 7.45. The number of carbonyl (C=O) groups excluding carboxylic acids is 2. The summed E-state index contributed by atoms with van der Waals surface area (Å²) in [5, 5.41) is 20.2. The molecule has 9 heteroatoms. The van der Waals surface area contributed by atoms with Gasteiger partial charge in [-0.25, -0.2) is 0 Å². The number of aliphatic hydroxyl groups excluding tert-OH is 1. The summed E-state index contributed by atoms with van der Waals surface area (Å²) in [7, 11) is 0. The smallest absolute Gasteiger partial charge is 0.416 e. The van der Waals surface area contributed by atoms with Crippen molar-refractivity contribution in [2.45, 2.75) is 31.5 Å². The minimum absolute atomic E-state index is 0.0885. The fourth-order valence-corrected chi connectivity index (χ4v) is 4.42. The van der Waals surface area contributed by atoms with Gasteiger partial charge in [0.2, 0.25) is 0 Å². The predicted molar refractivity (Wildman–Crippen MR) is 129 cm³/mol. The number of alkyl halides is 3. The van der Waals surface area contributed by atoms with E-state index in [9.17, 15) is 37.8 Å². The number of hydrogen-bond acceptors (Lipinski definition) is 4. The first-order chi connectivity index (χ1) is 17.6. The maximum absolute atomic E-state index is 12.8. The Balaban J connectivity index is 1.33. The van der Waals surface area contributed by atoms with Crippen molar-refractivity contribution < 1.29 is 37.8 Å². The molecule has 2 N–H and O–H groups in total. The number of carboxylic acids is 1. The Hall–Kier alpha value is -3.98. The molecule has 3 aromatic carbocycles. The Labute approximate surface area is 211 Å². The minimum atomic E-state index is -4.40. The topological polar surface area (TPSA) is 94.9 Å². The van der Waals surface area contributed by atoms with E-state index in [1.165, 1.54) is 12.1 Å². The molecule has 0 aliphatic carbocycles. The zero-order valence-electron chi connectivity index (χ0n) is 19.6. The van der Waals surface area contributed by atoms with Crippen LogP contribution in [0.2, 0.25) is 0 Å². The van der Waals surface area contributed by atoms with Crippen molar-refractivity contribution in [2.75, 3.05) is 6.54 Å². The number of halogens is 3. The van der Waals surface area contributed by atoms with Crippen LogP contribution in [0.25, 0.3) is 11.1 Å². The lowest BCUT2D eigenvalue weighted by molar-refractivity contribution is -0.146.